The number of hydrogen-bond acceptors (Lipinski definition) is 4. The largest absolute Gasteiger partial charge is 0.443 e. The minimum Gasteiger partial charge on any atom is -0.443 e. The lowest BCUT2D eigenvalue weighted by atomic mass is 10.2. The molecule has 2 heterocycles. The van der Waals surface area contributed by atoms with Crippen LogP contribution in [0.2, 0.25) is 5.02 Å². The van der Waals surface area contributed by atoms with E-state index in [1.807, 2.05) is 6.92 Å². The van der Waals surface area contributed by atoms with E-state index >= 15 is 0 Å². The zero-order valence-corrected chi connectivity index (χ0v) is 9.77. The van der Waals surface area contributed by atoms with Gasteiger partial charge in [-0.15, -0.1) is 0 Å². The molecule has 0 amide bonds. The molecular formula is C10H12ClN3O2. The van der Waals surface area contributed by atoms with Crippen molar-refractivity contribution in [3.05, 3.63) is 23.2 Å². The van der Waals surface area contributed by atoms with Crippen molar-refractivity contribution in [3.63, 3.8) is 0 Å². The summed E-state index contributed by atoms with van der Waals surface area (Å²) in [5, 5.41) is 14.1. The molecule has 2 rings (SSSR count). The lowest BCUT2D eigenvalue weighted by molar-refractivity contribution is 0.193. The van der Waals surface area contributed by atoms with Crippen LogP contribution in [-0.2, 0) is 6.54 Å². The van der Waals surface area contributed by atoms with Gasteiger partial charge in [-0.1, -0.05) is 11.6 Å². The van der Waals surface area contributed by atoms with Crippen molar-refractivity contribution >= 4 is 11.6 Å². The zero-order valence-electron chi connectivity index (χ0n) is 9.01. The Kier molecular flexibility index (Phi) is 2.98. The van der Waals surface area contributed by atoms with Crippen LogP contribution in [0.1, 0.15) is 25.6 Å². The highest BCUT2D eigenvalue weighted by Crippen LogP contribution is 2.32. The van der Waals surface area contributed by atoms with Gasteiger partial charge in [0.1, 0.15) is 17.7 Å². The van der Waals surface area contributed by atoms with Gasteiger partial charge < -0.3 is 9.52 Å². The minimum atomic E-state index is -0.714. The topological polar surface area (TPSA) is 64.1 Å². The summed E-state index contributed by atoms with van der Waals surface area (Å²) in [4.78, 5) is 4.04. The summed E-state index contributed by atoms with van der Waals surface area (Å²) in [5.74, 6) is 0.409. The van der Waals surface area contributed by atoms with E-state index in [0.717, 1.165) is 0 Å². The molecule has 0 aliphatic heterocycles. The standard InChI is InChI=1S/C10H12ClN3O2/c1-3-14-9(10-12-4-5-16-10)7(11)8(13-14)6(2)15/h4-6,15H,3H2,1-2H3. The van der Waals surface area contributed by atoms with E-state index in [-0.39, 0.29) is 0 Å². The molecule has 0 aromatic carbocycles. The first-order valence-electron chi connectivity index (χ1n) is 4.99. The maximum atomic E-state index is 9.52. The van der Waals surface area contributed by atoms with Gasteiger partial charge in [-0.05, 0) is 13.8 Å². The Bertz CT molecular complexity index is 476. The van der Waals surface area contributed by atoms with Gasteiger partial charge in [0.15, 0.2) is 0 Å². The Hall–Kier alpha value is -1.33. The number of aromatic nitrogens is 3. The van der Waals surface area contributed by atoms with E-state index in [2.05, 4.69) is 10.1 Å². The van der Waals surface area contributed by atoms with Crippen LogP contribution in [0.5, 0.6) is 0 Å². The minimum absolute atomic E-state index is 0.388. The van der Waals surface area contributed by atoms with E-state index in [9.17, 15) is 5.11 Å². The predicted octanol–water partition coefficient (Wildman–Crippen LogP) is 2.26. The molecule has 0 spiro atoms. The van der Waals surface area contributed by atoms with Gasteiger partial charge in [0.05, 0.1) is 17.3 Å². The fourth-order valence-electron chi connectivity index (χ4n) is 1.50. The third kappa shape index (κ3) is 1.72. The summed E-state index contributed by atoms with van der Waals surface area (Å²) < 4.78 is 6.86. The molecular weight excluding hydrogens is 230 g/mol. The van der Waals surface area contributed by atoms with E-state index in [4.69, 9.17) is 16.0 Å². The number of aryl methyl sites for hydroxylation is 1. The summed E-state index contributed by atoms with van der Waals surface area (Å²) in [6.45, 7) is 4.18. The molecule has 1 unspecified atom stereocenters. The average Bonchev–Trinajstić information content (AvgIpc) is 2.83. The Morgan fingerprint density at radius 1 is 1.62 bits per heavy atom. The fraction of sp³-hybridized carbons (Fsp3) is 0.400. The quantitative estimate of drug-likeness (QED) is 0.895. The number of hydrogen-bond donors (Lipinski definition) is 1. The Morgan fingerprint density at radius 2 is 2.38 bits per heavy atom. The van der Waals surface area contributed by atoms with E-state index in [1.165, 1.54) is 6.26 Å². The number of oxazole rings is 1. The van der Waals surface area contributed by atoms with Gasteiger partial charge in [0, 0.05) is 6.54 Å². The first-order chi connectivity index (χ1) is 7.65. The lowest BCUT2D eigenvalue weighted by Gasteiger charge is -1.99. The molecule has 0 bridgehead atoms. The van der Waals surface area contributed by atoms with Gasteiger partial charge in [0.2, 0.25) is 5.89 Å². The van der Waals surface area contributed by atoms with Crippen molar-refractivity contribution in [2.75, 3.05) is 0 Å². The molecule has 0 aliphatic rings. The second kappa shape index (κ2) is 4.27. The first kappa shape index (κ1) is 11.2. The molecule has 2 aromatic heterocycles. The molecule has 1 N–H and O–H groups in total. The van der Waals surface area contributed by atoms with Gasteiger partial charge in [-0.2, -0.15) is 5.10 Å². The highest BCUT2D eigenvalue weighted by atomic mass is 35.5. The normalized spacial score (nSPS) is 13.0. The van der Waals surface area contributed by atoms with Crippen LogP contribution >= 0.6 is 11.6 Å². The summed E-state index contributed by atoms with van der Waals surface area (Å²) >= 11 is 6.15. The maximum Gasteiger partial charge on any atom is 0.246 e. The van der Waals surface area contributed by atoms with Crippen LogP contribution in [-0.4, -0.2) is 19.9 Å². The predicted molar refractivity (Wildman–Crippen MR) is 59.0 cm³/mol. The molecule has 0 fully saturated rings. The van der Waals surface area contributed by atoms with Crippen LogP contribution in [0.15, 0.2) is 16.9 Å². The van der Waals surface area contributed by atoms with Crippen LogP contribution in [0.4, 0.5) is 0 Å². The zero-order chi connectivity index (χ0) is 11.7. The average molecular weight is 242 g/mol. The first-order valence-corrected chi connectivity index (χ1v) is 5.37. The number of aliphatic hydroxyl groups is 1. The Morgan fingerprint density at radius 3 is 2.88 bits per heavy atom. The van der Waals surface area contributed by atoms with E-state index < -0.39 is 6.10 Å². The van der Waals surface area contributed by atoms with Gasteiger partial charge >= 0.3 is 0 Å². The van der Waals surface area contributed by atoms with Crippen molar-refractivity contribution < 1.29 is 9.52 Å². The van der Waals surface area contributed by atoms with Crippen molar-refractivity contribution in [1.82, 2.24) is 14.8 Å². The number of halogens is 1. The van der Waals surface area contributed by atoms with Crippen molar-refractivity contribution in [1.29, 1.82) is 0 Å². The number of aliphatic hydroxyl groups excluding tert-OH is 1. The molecule has 0 saturated heterocycles. The third-order valence-electron chi connectivity index (χ3n) is 2.25. The molecule has 2 aromatic rings. The monoisotopic (exact) mass is 241 g/mol. The molecule has 0 aliphatic carbocycles. The van der Waals surface area contributed by atoms with Crippen LogP contribution < -0.4 is 0 Å². The summed E-state index contributed by atoms with van der Waals surface area (Å²) in [6, 6.07) is 0. The van der Waals surface area contributed by atoms with Crippen molar-refractivity contribution in [3.8, 4) is 11.6 Å². The highest BCUT2D eigenvalue weighted by Gasteiger charge is 2.22. The number of nitrogens with zero attached hydrogens (tertiary/aromatic N) is 3. The maximum absolute atomic E-state index is 9.52. The smallest absolute Gasteiger partial charge is 0.246 e. The van der Waals surface area contributed by atoms with Gasteiger partial charge in [-0.25, -0.2) is 4.98 Å². The molecule has 16 heavy (non-hydrogen) atoms. The van der Waals surface area contributed by atoms with Crippen LogP contribution in [0.25, 0.3) is 11.6 Å². The van der Waals surface area contributed by atoms with Crippen molar-refractivity contribution in [2.24, 2.45) is 0 Å². The lowest BCUT2D eigenvalue weighted by Crippen LogP contribution is -2.00. The molecule has 6 heteroatoms. The van der Waals surface area contributed by atoms with E-state index in [0.29, 0.717) is 28.8 Å². The molecule has 5 nitrogen and oxygen atoms in total. The van der Waals surface area contributed by atoms with Crippen molar-refractivity contribution in [2.45, 2.75) is 26.5 Å². The molecule has 1 atom stereocenters. The second-order valence-corrected chi connectivity index (χ2v) is 3.75. The van der Waals surface area contributed by atoms with E-state index in [1.54, 1.807) is 17.8 Å². The van der Waals surface area contributed by atoms with Gasteiger partial charge in [-0.3, -0.25) is 4.68 Å². The molecule has 86 valence electrons. The Labute approximate surface area is 97.7 Å². The SMILES string of the molecule is CCn1nc(C(C)O)c(Cl)c1-c1ncco1. The molecule has 0 saturated carbocycles. The molecule has 0 radical (unpaired) electrons. The second-order valence-electron chi connectivity index (χ2n) is 3.38. The summed E-state index contributed by atoms with van der Waals surface area (Å²) in [5.41, 5.74) is 1.04. The third-order valence-corrected chi connectivity index (χ3v) is 2.62. The van der Waals surface area contributed by atoms with Gasteiger partial charge in [0.25, 0.3) is 0 Å². The highest BCUT2D eigenvalue weighted by molar-refractivity contribution is 6.33. The summed E-state index contributed by atoms with van der Waals surface area (Å²) in [6.07, 6.45) is 2.30. The number of rotatable bonds is 3. The summed E-state index contributed by atoms with van der Waals surface area (Å²) in [7, 11) is 0. The van der Waals surface area contributed by atoms with Crippen LogP contribution in [0, 0.1) is 0 Å². The van der Waals surface area contributed by atoms with Crippen LogP contribution in [0.3, 0.4) is 0 Å². The fourth-order valence-corrected chi connectivity index (χ4v) is 1.87. The Balaban J connectivity index is 2.59.